The lowest BCUT2D eigenvalue weighted by Crippen LogP contribution is -2.39. The van der Waals surface area contributed by atoms with E-state index in [1.807, 2.05) is 6.92 Å². The number of aliphatic hydroxyl groups excluding tert-OH is 1. The highest BCUT2D eigenvalue weighted by Crippen LogP contribution is 2.34. The number of aliphatic hydroxyl groups is 1. The van der Waals surface area contributed by atoms with Crippen molar-refractivity contribution < 1.29 is 26.7 Å². The highest BCUT2D eigenvalue weighted by Gasteiger charge is 2.38. The van der Waals surface area contributed by atoms with Gasteiger partial charge >= 0.3 is 6.18 Å². The minimum Gasteiger partial charge on any atom is -0.392 e. The molecule has 3 unspecified atom stereocenters. The highest BCUT2D eigenvalue weighted by molar-refractivity contribution is 7.92. The first-order chi connectivity index (χ1) is 9.62. The number of hydrogen-bond acceptors (Lipinski definition) is 3. The molecule has 118 valence electrons. The van der Waals surface area contributed by atoms with Gasteiger partial charge in [-0.05, 0) is 49.4 Å². The Morgan fingerprint density at radius 2 is 1.71 bits per heavy atom. The van der Waals surface area contributed by atoms with Crippen LogP contribution in [0.5, 0.6) is 0 Å². The monoisotopic (exact) mass is 322 g/mol. The number of hydrogen-bond donors (Lipinski definition) is 1. The molecule has 0 aliphatic heterocycles. The van der Waals surface area contributed by atoms with Crippen molar-refractivity contribution in [3.8, 4) is 0 Å². The maximum atomic E-state index is 12.5. The molecular formula is C14H17F3O3S. The second-order valence-corrected chi connectivity index (χ2v) is 7.76. The van der Waals surface area contributed by atoms with E-state index in [2.05, 4.69) is 0 Å². The Balaban J connectivity index is 2.31. The van der Waals surface area contributed by atoms with Crippen LogP contribution in [0.15, 0.2) is 29.2 Å². The number of halogens is 3. The maximum Gasteiger partial charge on any atom is 0.416 e. The first-order valence-corrected chi connectivity index (χ1v) is 8.26. The van der Waals surface area contributed by atoms with Crippen LogP contribution in [-0.4, -0.2) is 24.9 Å². The SMILES string of the molecule is CC1CCC(O)C(S(=O)(=O)c2ccc(C(F)(F)F)cc2)C1. The molecule has 1 aromatic carbocycles. The van der Waals surface area contributed by atoms with Gasteiger partial charge in [0.25, 0.3) is 0 Å². The first-order valence-electron chi connectivity index (χ1n) is 6.71. The summed E-state index contributed by atoms with van der Waals surface area (Å²) >= 11 is 0. The van der Waals surface area contributed by atoms with Crippen LogP contribution in [-0.2, 0) is 16.0 Å². The van der Waals surface area contributed by atoms with E-state index < -0.39 is 32.9 Å². The van der Waals surface area contributed by atoms with Crippen LogP contribution in [0.3, 0.4) is 0 Å². The van der Waals surface area contributed by atoms with Crippen molar-refractivity contribution in [2.75, 3.05) is 0 Å². The zero-order valence-corrected chi connectivity index (χ0v) is 12.3. The summed E-state index contributed by atoms with van der Waals surface area (Å²) in [4.78, 5) is -0.173. The second kappa shape index (κ2) is 5.61. The van der Waals surface area contributed by atoms with Crippen LogP contribution in [0.1, 0.15) is 31.7 Å². The molecule has 1 aromatic rings. The number of benzene rings is 1. The summed E-state index contributed by atoms with van der Waals surface area (Å²) < 4.78 is 62.4. The molecule has 1 aliphatic carbocycles. The quantitative estimate of drug-likeness (QED) is 0.910. The fourth-order valence-electron chi connectivity index (χ4n) is 2.65. The zero-order valence-electron chi connectivity index (χ0n) is 11.5. The molecule has 1 N–H and O–H groups in total. The highest BCUT2D eigenvalue weighted by atomic mass is 32.2. The van der Waals surface area contributed by atoms with Gasteiger partial charge in [0, 0.05) is 0 Å². The molecule has 7 heteroatoms. The predicted octanol–water partition coefficient (Wildman–Crippen LogP) is 3.03. The molecular weight excluding hydrogens is 305 g/mol. The van der Waals surface area contributed by atoms with Gasteiger partial charge < -0.3 is 5.11 Å². The molecule has 3 nitrogen and oxygen atoms in total. The van der Waals surface area contributed by atoms with Gasteiger partial charge in [0.1, 0.15) is 0 Å². The van der Waals surface area contributed by atoms with Crippen LogP contribution in [0.4, 0.5) is 13.2 Å². The topological polar surface area (TPSA) is 54.4 Å². The first kappa shape index (κ1) is 16.3. The van der Waals surface area contributed by atoms with E-state index in [1.165, 1.54) is 0 Å². The Labute approximate surface area is 121 Å². The summed E-state index contributed by atoms with van der Waals surface area (Å²) in [5.74, 6) is 0.169. The standard InChI is InChI=1S/C14H17F3O3S/c1-9-2-7-12(18)13(8-9)21(19,20)11-5-3-10(4-6-11)14(15,16)17/h3-6,9,12-13,18H,2,7-8H2,1H3. The van der Waals surface area contributed by atoms with Gasteiger partial charge in [-0.25, -0.2) is 8.42 Å². The van der Waals surface area contributed by atoms with Gasteiger partial charge in [-0.1, -0.05) is 6.92 Å². The third kappa shape index (κ3) is 3.40. The Hall–Kier alpha value is -1.08. The summed E-state index contributed by atoms with van der Waals surface area (Å²) in [6.45, 7) is 1.90. The average molecular weight is 322 g/mol. The molecule has 3 atom stereocenters. The molecule has 0 radical (unpaired) electrons. The van der Waals surface area contributed by atoms with Crippen LogP contribution in [0, 0.1) is 5.92 Å². The third-order valence-corrected chi connectivity index (χ3v) is 6.16. The van der Waals surface area contributed by atoms with Gasteiger partial charge in [-0.15, -0.1) is 0 Å². The number of rotatable bonds is 2. The molecule has 2 rings (SSSR count). The number of sulfone groups is 1. The van der Waals surface area contributed by atoms with Gasteiger partial charge in [0.15, 0.2) is 9.84 Å². The molecule has 0 aromatic heterocycles. The van der Waals surface area contributed by atoms with Crippen LogP contribution in [0.2, 0.25) is 0 Å². The fourth-order valence-corrected chi connectivity index (χ4v) is 4.65. The molecule has 21 heavy (non-hydrogen) atoms. The lowest BCUT2D eigenvalue weighted by molar-refractivity contribution is -0.137. The molecule has 0 spiro atoms. The lowest BCUT2D eigenvalue weighted by Gasteiger charge is -2.31. The minimum absolute atomic E-state index is 0.169. The van der Waals surface area contributed by atoms with Gasteiger partial charge in [0.05, 0.1) is 21.8 Å². The number of alkyl halides is 3. The summed E-state index contributed by atoms with van der Waals surface area (Å²) in [6, 6.07) is 3.44. The van der Waals surface area contributed by atoms with E-state index in [0.717, 1.165) is 30.7 Å². The van der Waals surface area contributed by atoms with Crippen molar-refractivity contribution in [3.63, 3.8) is 0 Å². The Morgan fingerprint density at radius 3 is 2.24 bits per heavy atom. The third-order valence-electron chi connectivity index (χ3n) is 3.93. The Kier molecular flexibility index (Phi) is 4.35. The maximum absolute atomic E-state index is 12.5. The van der Waals surface area contributed by atoms with Crippen molar-refractivity contribution in [1.29, 1.82) is 0 Å². The molecule has 0 amide bonds. The van der Waals surface area contributed by atoms with Crippen LogP contribution < -0.4 is 0 Å². The molecule has 1 saturated carbocycles. The zero-order chi connectivity index (χ0) is 15.8. The summed E-state index contributed by atoms with van der Waals surface area (Å²) in [5, 5.41) is 8.96. The van der Waals surface area contributed by atoms with Crippen molar-refractivity contribution >= 4 is 9.84 Å². The smallest absolute Gasteiger partial charge is 0.392 e. The van der Waals surface area contributed by atoms with E-state index in [9.17, 15) is 26.7 Å². The molecule has 1 fully saturated rings. The average Bonchev–Trinajstić information content (AvgIpc) is 2.40. The van der Waals surface area contributed by atoms with E-state index in [0.29, 0.717) is 12.8 Å². The molecule has 0 heterocycles. The van der Waals surface area contributed by atoms with E-state index in [-0.39, 0.29) is 10.8 Å². The van der Waals surface area contributed by atoms with Crippen LogP contribution >= 0.6 is 0 Å². The largest absolute Gasteiger partial charge is 0.416 e. The van der Waals surface area contributed by atoms with Crippen molar-refractivity contribution in [1.82, 2.24) is 0 Å². The van der Waals surface area contributed by atoms with E-state index in [1.54, 1.807) is 0 Å². The Bertz CT molecular complexity index is 593. The van der Waals surface area contributed by atoms with Crippen molar-refractivity contribution in [2.45, 2.75) is 48.6 Å². The van der Waals surface area contributed by atoms with Crippen molar-refractivity contribution in [3.05, 3.63) is 29.8 Å². The molecule has 0 bridgehead atoms. The lowest BCUT2D eigenvalue weighted by atomic mass is 9.88. The van der Waals surface area contributed by atoms with Crippen LogP contribution in [0.25, 0.3) is 0 Å². The minimum atomic E-state index is -4.50. The summed E-state index contributed by atoms with van der Waals surface area (Å²) in [5.41, 5.74) is -0.890. The predicted molar refractivity (Wildman–Crippen MR) is 71.4 cm³/mol. The van der Waals surface area contributed by atoms with E-state index in [4.69, 9.17) is 0 Å². The normalized spacial score (nSPS) is 27.6. The van der Waals surface area contributed by atoms with Gasteiger partial charge in [-0.3, -0.25) is 0 Å². The van der Waals surface area contributed by atoms with Crippen molar-refractivity contribution in [2.24, 2.45) is 5.92 Å². The Morgan fingerprint density at radius 1 is 1.14 bits per heavy atom. The fraction of sp³-hybridized carbons (Fsp3) is 0.571. The van der Waals surface area contributed by atoms with E-state index >= 15 is 0 Å². The summed E-state index contributed by atoms with van der Waals surface area (Å²) in [6.07, 6.45) is -3.99. The molecule has 0 saturated heterocycles. The van der Waals surface area contributed by atoms with Gasteiger partial charge in [-0.2, -0.15) is 13.2 Å². The molecule has 1 aliphatic rings. The van der Waals surface area contributed by atoms with Gasteiger partial charge in [0.2, 0.25) is 0 Å². The second-order valence-electron chi connectivity index (χ2n) is 5.59. The summed E-state index contributed by atoms with van der Waals surface area (Å²) in [7, 11) is -3.82.